The average Bonchev–Trinajstić information content (AvgIpc) is 2.83. The van der Waals surface area contributed by atoms with E-state index in [-0.39, 0.29) is 10.6 Å². The van der Waals surface area contributed by atoms with E-state index in [1.807, 2.05) is 6.07 Å². The second-order valence-corrected chi connectivity index (χ2v) is 7.75. The number of ketones is 1. The van der Waals surface area contributed by atoms with E-state index in [0.29, 0.717) is 34.7 Å². The predicted molar refractivity (Wildman–Crippen MR) is 125 cm³/mol. The van der Waals surface area contributed by atoms with Crippen LogP contribution in [0.25, 0.3) is 6.08 Å². The molecule has 0 saturated carbocycles. The molecule has 0 fully saturated rings. The summed E-state index contributed by atoms with van der Waals surface area (Å²) >= 11 is 5.83. The molecule has 2 heterocycles. The molecule has 0 N–H and O–H groups in total. The Morgan fingerprint density at radius 2 is 1.97 bits per heavy atom. The van der Waals surface area contributed by atoms with Gasteiger partial charge in [0, 0.05) is 36.9 Å². The molecule has 1 amide bonds. The van der Waals surface area contributed by atoms with E-state index in [0.717, 1.165) is 5.56 Å². The molecule has 0 bridgehead atoms. The first-order valence-corrected chi connectivity index (χ1v) is 10.4. The van der Waals surface area contributed by atoms with Crippen molar-refractivity contribution in [2.75, 3.05) is 19.1 Å². The van der Waals surface area contributed by atoms with Crippen LogP contribution in [0.4, 0.5) is 10.1 Å². The van der Waals surface area contributed by atoms with E-state index >= 15 is 0 Å². The van der Waals surface area contributed by atoms with E-state index in [2.05, 4.69) is 16.8 Å². The molecule has 0 spiro atoms. The molecule has 1 aromatic heterocycles. The highest BCUT2D eigenvalue weighted by Crippen LogP contribution is 2.31. The van der Waals surface area contributed by atoms with Gasteiger partial charge in [-0.25, -0.2) is 9.37 Å². The first-order chi connectivity index (χ1) is 15.9. The summed E-state index contributed by atoms with van der Waals surface area (Å²) in [5.74, 6) is 5.22. The minimum atomic E-state index is -0.573. The van der Waals surface area contributed by atoms with Crippen LogP contribution >= 0.6 is 11.6 Å². The summed E-state index contributed by atoms with van der Waals surface area (Å²) in [7, 11) is 3.15. The molecule has 0 aliphatic carbocycles. The lowest BCUT2D eigenvalue weighted by molar-refractivity contribution is -0.114. The van der Waals surface area contributed by atoms with Gasteiger partial charge in [0.05, 0.1) is 23.4 Å². The zero-order valence-electron chi connectivity index (χ0n) is 17.9. The normalized spacial score (nSPS) is 14.1. The molecular formula is C26H18ClFN2O3. The van der Waals surface area contributed by atoms with Gasteiger partial charge in [-0.1, -0.05) is 35.6 Å². The predicted octanol–water partition coefficient (Wildman–Crippen LogP) is 4.72. The van der Waals surface area contributed by atoms with Crippen molar-refractivity contribution in [3.8, 4) is 17.7 Å². The first-order valence-electron chi connectivity index (χ1n) is 9.98. The summed E-state index contributed by atoms with van der Waals surface area (Å²) in [5, 5.41) is -0.0848. The number of carbonyl (C=O) groups excluding carboxylic acids is 2. The highest BCUT2D eigenvalue weighted by atomic mass is 35.5. The second kappa shape index (κ2) is 9.27. The fourth-order valence-corrected chi connectivity index (χ4v) is 3.59. The van der Waals surface area contributed by atoms with Crippen molar-refractivity contribution in [2.45, 2.75) is 6.42 Å². The van der Waals surface area contributed by atoms with Crippen LogP contribution in [0, 0.1) is 17.7 Å². The van der Waals surface area contributed by atoms with Crippen molar-refractivity contribution in [1.29, 1.82) is 0 Å². The quantitative estimate of drug-likeness (QED) is 0.322. The van der Waals surface area contributed by atoms with Gasteiger partial charge in [0.1, 0.15) is 5.82 Å². The number of fused-ring (bicyclic) bond motifs is 1. The van der Waals surface area contributed by atoms with Gasteiger partial charge in [0.2, 0.25) is 11.7 Å². The van der Waals surface area contributed by atoms with Crippen LogP contribution in [0.15, 0.2) is 60.3 Å². The second-order valence-electron chi connectivity index (χ2n) is 7.34. The van der Waals surface area contributed by atoms with E-state index in [9.17, 15) is 14.0 Å². The van der Waals surface area contributed by atoms with Crippen LogP contribution < -0.4 is 9.64 Å². The summed E-state index contributed by atoms with van der Waals surface area (Å²) < 4.78 is 18.5. The number of benzene rings is 2. The molecule has 5 nitrogen and oxygen atoms in total. The number of halogens is 2. The highest BCUT2D eigenvalue weighted by Gasteiger charge is 2.32. The zero-order valence-corrected chi connectivity index (χ0v) is 18.6. The molecule has 3 aromatic rings. The number of nitrogens with zero attached hydrogens (tertiary/aromatic N) is 2. The lowest BCUT2D eigenvalue weighted by atomic mass is 9.92. The number of rotatable bonds is 3. The van der Waals surface area contributed by atoms with Crippen LogP contribution in [0.2, 0.25) is 5.02 Å². The van der Waals surface area contributed by atoms with Crippen molar-refractivity contribution in [1.82, 2.24) is 4.98 Å². The van der Waals surface area contributed by atoms with Crippen molar-refractivity contribution in [2.24, 2.45) is 0 Å². The summed E-state index contributed by atoms with van der Waals surface area (Å²) in [6.45, 7) is 0. The number of carbonyl (C=O) groups is 2. The third kappa shape index (κ3) is 4.64. The minimum Gasteiger partial charge on any atom is -0.481 e. The van der Waals surface area contributed by atoms with Gasteiger partial charge in [-0.2, -0.15) is 0 Å². The summed E-state index contributed by atoms with van der Waals surface area (Å²) in [4.78, 5) is 31.5. The van der Waals surface area contributed by atoms with Crippen molar-refractivity contribution < 1.29 is 18.7 Å². The third-order valence-electron chi connectivity index (χ3n) is 5.17. The maximum absolute atomic E-state index is 13.5. The number of aromatic nitrogens is 1. The van der Waals surface area contributed by atoms with Gasteiger partial charge in [0.15, 0.2) is 0 Å². The fourth-order valence-electron chi connectivity index (χ4n) is 3.40. The Bertz CT molecular complexity index is 1350. The summed E-state index contributed by atoms with van der Waals surface area (Å²) in [5.41, 5.74) is 2.89. The number of Topliss-reactive ketones (excluding diaryl/α,β-unsaturated/α-hetero) is 1. The van der Waals surface area contributed by atoms with E-state index in [1.165, 1.54) is 29.2 Å². The number of pyridine rings is 1. The van der Waals surface area contributed by atoms with Gasteiger partial charge < -0.3 is 9.64 Å². The summed E-state index contributed by atoms with van der Waals surface area (Å²) in [6, 6.07) is 12.8. The van der Waals surface area contributed by atoms with Crippen LogP contribution in [0.1, 0.15) is 27.0 Å². The standard InChI is InChI=1S/C26H18ClFN2O3/c1-30-23-10-7-16(4-3-5-17-8-11-24(33-2)29-15-17)12-19(23)25(31)20(26(30)32)13-18-6-9-22(28)21(27)14-18/h6-15H,5H2,1-2H3. The minimum absolute atomic E-state index is 0.0258. The van der Waals surface area contributed by atoms with Gasteiger partial charge in [-0.05, 0) is 47.5 Å². The molecule has 4 rings (SSSR count). The van der Waals surface area contributed by atoms with Gasteiger partial charge in [-0.15, -0.1) is 0 Å². The number of likely N-dealkylation sites (N-methyl/N-ethyl adjacent to an activating group) is 1. The molecule has 7 heteroatoms. The van der Waals surface area contributed by atoms with Crippen LogP contribution in [-0.2, 0) is 11.2 Å². The molecule has 0 saturated heterocycles. The van der Waals surface area contributed by atoms with Crippen LogP contribution in [0.3, 0.4) is 0 Å². The lowest BCUT2D eigenvalue weighted by Gasteiger charge is -2.26. The smallest absolute Gasteiger partial charge is 0.262 e. The molecule has 2 aromatic carbocycles. The Balaban J connectivity index is 1.62. The zero-order chi connectivity index (χ0) is 23.5. The third-order valence-corrected chi connectivity index (χ3v) is 5.46. The Morgan fingerprint density at radius 1 is 1.15 bits per heavy atom. The molecule has 0 radical (unpaired) electrons. The molecule has 0 atom stereocenters. The monoisotopic (exact) mass is 460 g/mol. The number of ether oxygens (including phenoxy) is 1. The van der Waals surface area contributed by atoms with E-state index < -0.39 is 17.5 Å². The Morgan fingerprint density at radius 3 is 2.67 bits per heavy atom. The number of methoxy groups -OCH3 is 1. The number of amides is 1. The van der Waals surface area contributed by atoms with Crippen LogP contribution in [0.5, 0.6) is 5.88 Å². The van der Waals surface area contributed by atoms with Gasteiger partial charge in [-0.3, -0.25) is 9.59 Å². The average molecular weight is 461 g/mol. The first kappa shape index (κ1) is 22.3. The summed E-state index contributed by atoms with van der Waals surface area (Å²) in [6.07, 6.45) is 3.60. The molecule has 33 heavy (non-hydrogen) atoms. The lowest BCUT2D eigenvalue weighted by Crippen LogP contribution is -2.36. The Hall–Kier alpha value is -3.95. The largest absolute Gasteiger partial charge is 0.481 e. The van der Waals surface area contributed by atoms with Gasteiger partial charge in [0.25, 0.3) is 5.91 Å². The molecule has 164 valence electrons. The Labute approximate surface area is 195 Å². The number of hydrogen-bond acceptors (Lipinski definition) is 4. The van der Waals surface area contributed by atoms with E-state index in [1.54, 1.807) is 44.6 Å². The maximum Gasteiger partial charge on any atom is 0.262 e. The Kier molecular flexibility index (Phi) is 6.25. The number of hydrogen-bond donors (Lipinski definition) is 0. The topological polar surface area (TPSA) is 59.5 Å². The maximum atomic E-state index is 13.5. The van der Waals surface area contributed by atoms with Crippen molar-refractivity contribution in [3.63, 3.8) is 0 Å². The molecule has 1 aliphatic heterocycles. The molecular weight excluding hydrogens is 443 g/mol. The van der Waals surface area contributed by atoms with E-state index in [4.69, 9.17) is 16.3 Å². The van der Waals surface area contributed by atoms with Crippen molar-refractivity contribution in [3.05, 3.63) is 93.4 Å². The highest BCUT2D eigenvalue weighted by molar-refractivity contribution is 6.36. The molecule has 0 unspecified atom stereocenters. The SMILES string of the molecule is COc1ccc(CC#Cc2ccc3c(c2)C(=O)C(=Cc2ccc(F)c(Cl)c2)C(=O)N3C)cn1. The molecule has 1 aliphatic rings. The van der Waals surface area contributed by atoms with Gasteiger partial charge >= 0.3 is 0 Å². The van der Waals surface area contributed by atoms with Crippen LogP contribution in [-0.4, -0.2) is 30.8 Å². The fraction of sp³-hybridized carbons (Fsp3) is 0.115. The number of anilines is 1. The van der Waals surface area contributed by atoms with Crippen molar-refractivity contribution >= 4 is 35.1 Å².